The van der Waals surface area contributed by atoms with Gasteiger partial charge in [0.25, 0.3) is 0 Å². The van der Waals surface area contributed by atoms with E-state index < -0.39 is 23.5 Å². The van der Waals surface area contributed by atoms with Crippen LogP contribution in [0.2, 0.25) is 0 Å². The molecule has 1 aliphatic carbocycles. The molecule has 1 aliphatic heterocycles. The second-order valence-electron chi connectivity index (χ2n) is 4.92. The number of methoxy groups -OCH3 is 1. The Kier molecular flexibility index (Phi) is 3.28. The number of esters is 2. The van der Waals surface area contributed by atoms with Crippen LogP contribution in [0.25, 0.3) is 0 Å². The van der Waals surface area contributed by atoms with Crippen molar-refractivity contribution in [2.75, 3.05) is 7.11 Å². The molecule has 18 heavy (non-hydrogen) atoms. The van der Waals surface area contributed by atoms with Crippen LogP contribution in [0.15, 0.2) is 25.3 Å². The van der Waals surface area contributed by atoms with Crippen LogP contribution in [0.5, 0.6) is 0 Å². The first-order valence-electron chi connectivity index (χ1n) is 6.15. The Hall–Kier alpha value is -1.58. The van der Waals surface area contributed by atoms with Crippen molar-refractivity contribution in [2.24, 2.45) is 17.8 Å². The van der Waals surface area contributed by atoms with Crippen LogP contribution in [0, 0.1) is 17.8 Å². The molecule has 2 rings (SSSR count). The van der Waals surface area contributed by atoms with E-state index in [0.717, 1.165) is 12.8 Å². The summed E-state index contributed by atoms with van der Waals surface area (Å²) < 4.78 is 10.2. The average molecular weight is 250 g/mol. The summed E-state index contributed by atoms with van der Waals surface area (Å²) in [4.78, 5) is 23.4. The third-order valence-corrected chi connectivity index (χ3v) is 4.20. The van der Waals surface area contributed by atoms with Crippen LogP contribution in [0.3, 0.4) is 0 Å². The molecule has 1 saturated carbocycles. The number of carbonyl (C=O) groups excluding carboxylic acids is 2. The fraction of sp³-hybridized carbons (Fsp3) is 0.571. The topological polar surface area (TPSA) is 52.6 Å². The van der Waals surface area contributed by atoms with Crippen LogP contribution >= 0.6 is 0 Å². The summed E-state index contributed by atoms with van der Waals surface area (Å²) in [5, 5.41) is 0. The Morgan fingerprint density at radius 1 is 1.39 bits per heavy atom. The maximum atomic E-state index is 11.9. The number of hydrogen-bond acceptors (Lipinski definition) is 4. The highest BCUT2D eigenvalue weighted by atomic mass is 16.6. The molecule has 1 saturated heterocycles. The van der Waals surface area contributed by atoms with Gasteiger partial charge in [-0.05, 0) is 12.8 Å². The molecular formula is C14H18O4. The zero-order valence-corrected chi connectivity index (χ0v) is 10.6. The summed E-state index contributed by atoms with van der Waals surface area (Å²) >= 11 is 0. The van der Waals surface area contributed by atoms with Gasteiger partial charge in [-0.2, -0.15) is 0 Å². The molecule has 0 N–H and O–H groups in total. The quantitative estimate of drug-likeness (QED) is 0.436. The normalized spacial score (nSPS) is 33.2. The SMILES string of the molecule is C=C[C@H]1CC[C@H](C=C)C12C[C@H](C(=O)OC)C(=O)O2. The molecule has 2 fully saturated rings. The summed E-state index contributed by atoms with van der Waals surface area (Å²) in [6, 6.07) is 0. The summed E-state index contributed by atoms with van der Waals surface area (Å²) in [5.74, 6) is -1.65. The second-order valence-corrected chi connectivity index (χ2v) is 4.92. The fourth-order valence-corrected chi connectivity index (χ4v) is 3.24. The van der Waals surface area contributed by atoms with E-state index in [1.165, 1.54) is 7.11 Å². The van der Waals surface area contributed by atoms with E-state index in [1.807, 2.05) is 12.2 Å². The molecule has 2 aliphatic rings. The molecule has 1 spiro atoms. The minimum atomic E-state index is -0.807. The third-order valence-electron chi connectivity index (χ3n) is 4.20. The Bertz CT molecular complexity index is 383. The lowest BCUT2D eigenvalue weighted by Gasteiger charge is -2.32. The summed E-state index contributed by atoms with van der Waals surface area (Å²) in [6.45, 7) is 7.61. The smallest absolute Gasteiger partial charge is 0.321 e. The van der Waals surface area contributed by atoms with Crippen molar-refractivity contribution in [3.63, 3.8) is 0 Å². The van der Waals surface area contributed by atoms with Crippen molar-refractivity contribution in [3.05, 3.63) is 25.3 Å². The zero-order valence-electron chi connectivity index (χ0n) is 10.6. The second kappa shape index (κ2) is 4.59. The van der Waals surface area contributed by atoms with Crippen molar-refractivity contribution < 1.29 is 19.1 Å². The van der Waals surface area contributed by atoms with Gasteiger partial charge in [-0.25, -0.2) is 0 Å². The van der Waals surface area contributed by atoms with Gasteiger partial charge in [-0.3, -0.25) is 9.59 Å². The van der Waals surface area contributed by atoms with E-state index in [-0.39, 0.29) is 11.8 Å². The van der Waals surface area contributed by atoms with Crippen molar-refractivity contribution in [1.29, 1.82) is 0 Å². The maximum absolute atomic E-state index is 11.9. The molecule has 0 unspecified atom stereocenters. The largest absolute Gasteiger partial charge is 0.468 e. The predicted octanol–water partition coefficient (Wildman–Crippen LogP) is 1.86. The highest BCUT2D eigenvalue weighted by molar-refractivity contribution is 5.96. The number of hydrogen-bond donors (Lipinski definition) is 0. The van der Waals surface area contributed by atoms with Gasteiger partial charge in [0, 0.05) is 18.3 Å². The Balaban J connectivity index is 2.31. The number of ether oxygens (including phenoxy) is 2. The van der Waals surface area contributed by atoms with E-state index in [9.17, 15) is 9.59 Å². The molecule has 0 amide bonds. The highest BCUT2D eigenvalue weighted by Gasteiger charge is 2.59. The predicted molar refractivity (Wildman–Crippen MR) is 65.6 cm³/mol. The van der Waals surface area contributed by atoms with Crippen molar-refractivity contribution >= 4 is 11.9 Å². The molecule has 4 heteroatoms. The van der Waals surface area contributed by atoms with Gasteiger partial charge in [0.15, 0.2) is 5.92 Å². The molecule has 1 heterocycles. The lowest BCUT2D eigenvalue weighted by atomic mass is 9.79. The molecule has 98 valence electrons. The number of rotatable bonds is 3. The van der Waals surface area contributed by atoms with Crippen molar-refractivity contribution in [2.45, 2.75) is 24.9 Å². The van der Waals surface area contributed by atoms with Crippen LogP contribution in [-0.2, 0) is 19.1 Å². The van der Waals surface area contributed by atoms with Crippen LogP contribution < -0.4 is 0 Å². The first-order chi connectivity index (χ1) is 8.58. The minimum absolute atomic E-state index is 0.0825. The molecule has 0 radical (unpaired) electrons. The van der Waals surface area contributed by atoms with Gasteiger partial charge in [-0.15, -0.1) is 13.2 Å². The molecular weight excluding hydrogens is 232 g/mol. The first-order valence-corrected chi connectivity index (χ1v) is 6.15. The van der Waals surface area contributed by atoms with E-state index in [1.54, 1.807) is 0 Å². The summed E-state index contributed by atoms with van der Waals surface area (Å²) in [5.41, 5.74) is -0.639. The van der Waals surface area contributed by atoms with E-state index in [4.69, 9.17) is 4.74 Å². The molecule has 0 aromatic heterocycles. The van der Waals surface area contributed by atoms with Crippen LogP contribution in [0.1, 0.15) is 19.3 Å². The van der Waals surface area contributed by atoms with Crippen LogP contribution in [0.4, 0.5) is 0 Å². The zero-order chi connectivity index (χ0) is 13.3. The third kappa shape index (κ3) is 1.67. The lowest BCUT2D eigenvalue weighted by Crippen LogP contribution is -2.38. The van der Waals surface area contributed by atoms with Crippen LogP contribution in [-0.4, -0.2) is 24.6 Å². The van der Waals surface area contributed by atoms with Gasteiger partial charge in [0.1, 0.15) is 5.60 Å². The minimum Gasteiger partial charge on any atom is -0.468 e. The molecule has 3 atom stereocenters. The first kappa shape index (κ1) is 12.9. The highest BCUT2D eigenvalue weighted by Crippen LogP contribution is 2.52. The summed E-state index contributed by atoms with van der Waals surface area (Å²) in [7, 11) is 1.28. The fourth-order valence-electron chi connectivity index (χ4n) is 3.24. The lowest BCUT2D eigenvalue weighted by molar-refractivity contribution is -0.159. The molecule has 4 nitrogen and oxygen atoms in total. The maximum Gasteiger partial charge on any atom is 0.321 e. The van der Waals surface area contributed by atoms with Crippen molar-refractivity contribution in [1.82, 2.24) is 0 Å². The van der Waals surface area contributed by atoms with E-state index >= 15 is 0 Å². The Morgan fingerprint density at radius 2 is 1.94 bits per heavy atom. The molecule has 0 aromatic carbocycles. The standard InChI is InChI=1S/C14H18O4/c1-4-9-6-7-10(5-2)14(9)8-11(12(15)17-3)13(16)18-14/h4-5,9-11H,1-2,6-8H2,3H3/t9-,10-,11+/m0/s1. The van der Waals surface area contributed by atoms with Gasteiger partial charge >= 0.3 is 11.9 Å². The monoisotopic (exact) mass is 250 g/mol. The van der Waals surface area contributed by atoms with Gasteiger partial charge in [0.05, 0.1) is 7.11 Å². The number of carbonyl (C=O) groups is 2. The average Bonchev–Trinajstić information content (AvgIpc) is 2.89. The van der Waals surface area contributed by atoms with Gasteiger partial charge in [-0.1, -0.05) is 12.2 Å². The van der Waals surface area contributed by atoms with E-state index in [2.05, 4.69) is 17.9 Å². The summed E-state index contributed by atoms with van der Waals surface area (Å²) in [6.07, 6.45) is 5.81. The molecule has 0 aromatic rings. The Morgan fingerprint density at radius 3 is 2.39 bits per heavy atom. The van der Waals surface area contributed by atoms with Gasteiger partial charge in [0.2, 0.25) is 0 Å². The molecule has 0 bridgehead atoms. The van der Waals surface area contributed by atoms with Gasteiger partial charge < -0.3 is 9.47 Å². The van der Waals surface area contributed by atoms with E-state index in [0.29, 0.717) is 6.42 Å². The Labute approximate surface area is 107 Å². The van der Waals surface area contributed by atoms with Crippen molar-refractivity contribution in [3.8, 4) is 0 Å².